The van der Waals surface area contributed by atoms with Gasteiger partial charge in [0.1, 0.15) is 5.82 Å². The van der Waals surface area contributed by atoms with Crippen molar-refractivity contribution in [3.63, 3.8) is 0 Å². The van der Waals surface area contributed by atoms with Gasteiger partial charge in [-0.15, -0.1) is 11.3 Å². The third-order valence-electron chi connectivity index (χ3n) is 7.34. The van der Waals surface area contributed by atoms with Crippen molar-refractivity contribution >= 4 is 23.2 Å². The molecule has 36 heavy (non-hydrogen) atoms. The van der Waals surface area contributed by atoms with Crippen molar-refractivity contribution in [3.05, 3.63) is 93.4 Å². The van der Waals surface area contributed by atoms with E-state index < -0.39 is 0 Å². The van der Waals surface area contributed by atoms with Crippen molar-refractivity contribution in [2.75, 3.05) is 32.7 Å². The van der Waals surface area contributed by atoms with E-state index in [9.17, 15) is 14.0 Å². The summed E-state index contributed by atoms with van der Waals surface area (Å²) in [6.07, 6.45) is 2.10. The second-order valence-electron chi connectivity index (χ2n) is 9.74. The van der Waals surface area contributed by atoms with Crippen LogP contribution in [0.2, 0.25) is 0 Å². The number of thiophene rings is 1. The predicted octanol–water partition coefficient (Wildman–Crippen LogP) is 4.53. The molecule has 0 saturated carbocycles. The van der Waals surface area contributed by atoms with Gasteiger partial charge in [0.2, 0.25) is 11.8 Å². The van der Waals surface area contributed by atoms with Crippen molar-refractivity contribution in [2.45, 2.75) is 38.3 Å². The molecule has 2 aliphatic heterocycles. The Bertz CT molecular complexity index is 1210. The first-order valence-electron chi connectivity index (χ1n) is 12.7. The second kappa shape index (κ2) is 10.9. The molecule has 188 valence electrons. The average molecular weight is 506 g/mol. The number of nitrogens with zero attached hydrogens (tertiary/aromatic N) is 3. The standard InChI is InChI=1S/C29H32FN3O2S/c1-21-19-31(15-16-33(21)27(34)11-10-22-6-3-2-4-7-22)28(35)20-32-14-12-26-25(13-17-36-26)29(32)23-8-5-9-24(30)18-23/h2-9,13,17-18,21,29H,10-12,14-16,19-20H2,1H3. The van der Waals surface area contributed by atoms with Crippen LogP contribution in [0.25, 0.3) is 0 Å². The monoisotopic (exact) mass is 505 g/mol. The molecule has 2 unspecified atom stereocenters. The van der Waals surface area contributed by atoms with Gasteiger partial charge in [-0.1, -0.05) is 42.5 Å². The highest BCUT2D eigenvalue weighted by Gasteiger charge is 2.34. The van der Waals surface area contributed by atoms with Crippen molar-refractivity contribution in [3.8, 4) is 0 Å². The first-order valence-corrected chi connectivity index (χ1v) is 13.5. The fourth-order valence-electron chi connectivity index (χ4n) is 5.47. The van der Waals surface area contributed by atoms with Gasteiger partial charge in [0.05, 0.1) is 12.6 Å². The molecule has 1 saturated heterocycles. The van der Waals surface area contributed by atoms with Crippen LogP contribution >= 0.6 is 11.3 Å². The molecule has 5 nitrogen and oxygen atoms in total. The van der Waals surface area contributed by atoms with Crippen LogP contribution in [-0.2, 0) is 22.4 Å². The van der Waals surface area contributed by atoms with E-state index in [4.69, 9.17) is 0 Å². The fraction of sp³-hybridized carbons (Fsp3) is 0.379. The molecular weight excluding hydrogens is 473 g/mol. The summed E-state index contributed by atoms with van der Waals surface area (Å²) < 4.78 is 14.1. The molecule has 0 radical (unpaired) electrons. The van der Waals surface area contributed by atoms with Crippen LogP contribution in [0.15, 0.2) is 66.0 Å². The first kappa shape index (κ1) is 24.7. The molecule has 3 aromatic rings. The number of carbonyl (C=O) groups excluding carboxylic acids is 2. The largest absolute Gasteiger partial charge is 0.338 e. The molecule has 2 atom stereocenters. The van der Waals surface area contributed by atoms with Gasteiger partial charge in [-0.3, -0.25) is 14.5 Å². The molecule has 0 aliphatic carbocycles. The van der Waals surface area contributed by atoms with Crippen LogP contribution in [0, 0.1) is 5.82 Å². The van der Waals surface area contributed by atoms with E-state index in [1.165, 1.54) is 16.5 Å². The highest BCUT2D eigenvalue weighted by atomic mass is 32.1. The van der Waals surface area contributed by atoms with Crippen LogP contribution in [0.1, 0.15) is 41.0 Å². The van der Waals surface area contributed by atoms with Crippen molar-refractivity contribution in [1.82, 2.24) is 14.7 Å². The Morgan fingerprint density at radius 2 is 1.83 bits per heavy atom. The number of piperazine rings is 1. The summed E-state index contributed by atoms with van der Waals surface area (Å²) in [7, 11) is 0. The number of carbonyl (C=O) groups is 2. The summed E-state index contributed by atoms with van der Waals surface area (Å²) in [5.41, 5.74) is 3.21. The molecule has 0 bridgehead atoms. The van der Waals surface area contributed by atoms with Gasteiger partial charge in [-0.25, -0.2) is 4.39 Å². The molecule has 3 heterocycles. The number of fused-ring (bicyclic) bond motifs is 1. The van der Waals surface area contributed by atoms with Crippen LogP contribution in [0.5, 0.6) is 0 Å². The van der Waals surface area contributed by atoms with Crippen LogP contribution in [-0.4, -0.2) is 65.3 Å². The highest BCUT2D eigenvalue weighted by Crippen LogP contribution is 2.37. The van der Waals surface area contributed by atoms with E-state index in [1.807, 2.05) is 53.1 Å². The summed E-state index contributed by atoms with van der Waals surface area (Å²) >= 11 is 1.73. The SMILES string of the molecule is CC1CN(C(=O)CN2CCc3sccc3C2c2cccc(F)c2)CCN1C(=O)CCc1ccccc1. The van der Waals surface area contributed by atoms with Gasteiger partial charge in [0, 0.05) is 43.5 Å². The molecular formula is C29H32FN3O2S. The van der Waals surface area contributed by atoms with Gasteiger partial charge in [-0.05, 0) is 60.0 Å². The third-order valence-corrected chi connectivity index (χ3v) is 8.34. The Labute approximate surface area is 216 Å². The lowest BCUT2D eigenvalue weighted by Gasteiger charge is -2.42. The summed E-state index contributed by atoms with van der Waals surface area (Å²) in [6.45, 7) is 4.70. The lowest BCUT2D eigenvalue weighted by Crippen LogP contribution is -2.57. The number of benzene rings is 2. The minimum atomic E-state index is -0.261. The van der Waals surface area contributed by atoms with Crippen LogP contribution in [0.3, 0.4) is 0 Å². The summed E-state index contributed by atoms with van der Waals surface area (Å²) in [6, 6.07) is 18.7. The normalized spacial score (nSPS) is 20.3. The number of halogens is 1. The maximum absolute atomic E-state index is 14.1. The van der Waals surface area contributed by atoms with E-state index >= 15 is 0 Å². The van der Waals surface area contributed by atoms with E-state index in [1.54, 1.807) is 23.5 Å². The fourth-order valence-corrected chi connectivity index (χ4v) is 6.38. The second-order valence-corrected chi connectivity index (χ2v) is 10.7. The van der Waals surface area contributed by atoms with E-state index in [0.29, 0.717) is 26.1 Å². The summed E-state index contributed by atoms with van der Waals surface area (Å²) in [4.78, 5) is 33.6. The Balaban J connectivity index is 1.21. The maximum atomic E-state index is 14.1. The Kier molecular flexibility index (Phi) is 7.48. The molecule has 2 aromatic carbocycles. The smallest absolute Gasteiger partial charge is 0.236 e. The lowest BCUT2D eigenvalue weighted by molar-refractivity contribution is -0.143. The van der Waals surface area contributed by atoms with Crippen molar-refractivity contribution in [2.24, 2.45) is 0 Å². The molecule has 2 aliphatic rings. The van der Waals surface area contributed by atoms with Gasteiger partial charge < -0.3 is 9.80 Å². The molecule has 5 rings (SSSR count). The zero-order valence-corrected chi connectivity index (χ0v) is 21.4. The highest BCUT2D eigenvalue weighted by molar-refractivity contribution is 7.10. The van der Waals surface area contributed by atoms with E-state index in [0.717, 1.165) is 30.5 Å². The number of rotatable bonds is 6. The molecule has 0 N–H and O–H groups in total. The van der Waals surface area contributed by atoms with Crippen LogP contribution in [0.4, 0.5) is 4.39 Å². The van der Waals surface area contributed by atoms with Gasteiger partial charge >= 0.3 is 0 Å². The van der Waals surface area contributed by atoms with Gasteiger partial charge in [-0.2, -0.15) is 0 Å². The van der Waals surface area contributed by atoms with Crippen molar-refractivity contribution in [1.29, 1.82) is 0 Å². The number of hydrogen-bond acceptors (Lipinski definition) is 4. The topological polar surface area (TPSA) is 43.9 Å². The minimum absolute atomic E-state index is 0.0187. The predicted molar refractivity (Wildman–Crippen MR) is 140 cm³/mol. The quantitative estimate of drug-likeness (QED) is 0.495. The average Bonchev–Trinajstić information content (AvgIpc) is 3.36. The minimum Gasteiger partial charge on any atom is -0.338 e. The van der Waals surface area contributed by atoms with E-state index in [2.05, 4.69) is 16.3 Å². The van der Waals surface area contributed by atoms with E-state index in [-0.39, 0.29) is 36.3 Å². The number of amides is 2. The summed E-state index contributed by atoms with van der Waals surface area (Å²) in [5, 5.41) is 2.08. The molecule has 1 aromatic heterocycles. The molecule has 1 fully saturated rings. The zero-order valence-electron chi connectivity index (χ0n) is 20.6. The first-order chi connectivity index (χ1) is 17.5. The zero-order chi connectivity index (χ0) is 25.1. The Morgan fingerprint density at radius 3 is 2.61 bits per heavy atom. The van der Waals surface area contributed by atoms with Gasteiger partial charge in [0.15, 0.2) is 0 Å². The molecule has 0 spiro atoms. The van der Waals surface area contributed by atoms with Gasteiger partial charge in [0.25, 0.3) is 0 Å². The lowest BCUT2D eigenvalue weighted by atomic mass is 9.93. The summed E-state index contributed by atoms with van der Waals surface area (Å²) in [5.74, 6) is -0.0491. The van der Waals surface area contributed by atoms with Crippen LogP contribution < -0.4 is 0 Å². The van der Waals surface area contributed by atoms with Crippen molar-refractivity contribution < 1.29 is 14.0 Å². The number of hydrogen-bond donors (Lipinski definition) is 0. The number of aryl methyl sites for hydroxylation is 1. The molecule has 7 heteroatoms. The Hall–Kier alpha value is -3.03. The maximum Gasteiger partial charge on any atom is 0.236 e. The Morgan fingerprint density at radius 1 is 1.00 bits per heavy atom. The molecule has 2 amide bonds. The third kappa shape index (κ3) is 5.37.